The van der Waals surface area contributed by atoms with Crippen molar-refractivity contribution < 1.29 is 0 Å². The predicted octanol–water partition coefficient (Wildman–Crippen LogP) is 2.08. The average molecular weight is 272 g/mol. The first-order chi connectivity index (χ1) is 8.20. The van der Waals surface area contributed by atoms with Crippen molar-refractivity contribution in [3.05, 3.63) is 34.1 Å². The Kier molecular flexibility index (Phi) is 3.93. The van der Waals surface area contributed by atoms with Gasteiger partial charge < -0.3 is 5.32 Å². The zero-order chi connectivity index (χ0) is 12.3. The number of hydrogen-bond donors (Lipinski definition) is 1. The van der Waals surface area contributed by atoms with Crippen LogP contribution in [0.1, 0.15) is 12.7 Å². The van der Waals surface area contributed by atoms with E-state index >= 15 is 0 Å². The van der Waals surface area contributed by atoms with Gasteiger partial charge in [-0.05, 0) is 35.2 Å². The Bertz CT molecular complexity index is 491. The van der Waals surface area contributed by atoms with Crippen LogP contribution in [0.15, 0.2) is 18.2 Å². The lowest BCUT2D eigenvalue weighted by Gasteiger charge is -2.05. The van der Waals surface area contributed by atoms with Crippen LogP contribution in [0.2, 0.25) is 10.0 Å². The molecule has 0 radical (unpaired) electrons. The summed E-state index contributed by atoms with van der Waals surface area (Å²) in [6.07, 6.45) is 0. The smallest absolute Gasteiger partial charge is 0.170 e. The van der Waals surface area contributed by atoms with Crippen molar-refractivity contribution in [2.45, 2.75) is 13.5 Å². The van der Waals surface area contributed by atoms with Crippen molar-refractivity contribution in [2.75, 3.05) is 6.54 Å². The van der Waals surface area contributed by atoms with Crippen molar-refractivity contribution >= 4 is 23.2 Å². The van der Waals surface area contributed by atoms with Gasteiger partial charge in [-0.15, -0.1) is 5.10 Å². The van der Waals surface area contributed by atoms with Gasteiger partial charge in [-0.1, -0.05) is 30.1 Å². The molecule has 1 N–H and O–H groups in total. The molecule has 0 spiro atoms. The van der Waals surface area contributed by atoms with Crippen LogP contribution in [0.4, 0.5) is 0 Å². The Hall–Kier alpha value is -1.17. The Balaban J connectivity index is 2.35. The molecule has 2 aromatic rings. The van der Waals surface area contributed by atoms with Crippen LogP contribution in [0, 0.1) is 0 Å². The topological polar surface area (TPSA) is 55.6 Å². The molecule has 0 saturated carbocycles. The summed E-state index contributed by atoms with van der Waals surface area (Å²) in [6, 6.07) is 5.19. The van der Waals surface area contributed by atoms with Gasteiger partial charge in [-0.2, -0.15) is 4.68 Å². The van der Waals surface area contributed by atoms with E-state index in [0.717, 1.165) is 12.2 Å². The molecule has 0 fully saturated rings. The van der Waals surface area contributed by atoms with Crippen molar-refractivity contribution in [1.29, 1.82) is 0 Å². The molecule has 2 rings (SSSR count). The standard InChI is InChI=1S/C10H11Cl2N5/c1-2-13-6-10-14-15-16-17(10)9-4-7(11)3-8(12)5-9/h3-5,13H,2,6H2,1H3. The molecule has 5 nitrogen and oxygen atoms in total. The maximum atomic E-state index is 5.94. The first-order valence-electron chi connectivity index (χ1n) is 5.15. The summed E-state index contributed by atoms with van der Waals surface area (Å²) in [4.78, 5) is 0. The third-order valence-corrected chi connectivity index (χ3v) is 2.60. The van der Waals surface area contributed by atoms with Crippen LogP contribution in [0.3, 0.4) is 0 Å². The number of aromatic nitrogens is 4. The summed E-state index contributed by atoms with van der Waals surface area (Å²) in [5.41, 5.74) is 0.750. The van der Waals surface area contributed by atoms with Crippen LogP contribution >= 0.6 is 23.2 Å². The number of nitrogens with one attached hydrogen (secondary N) is 1. The van der Waals surface area contributed by atoms with E-state index in [2.05, 4.69) is 20.8 Å². The lowest BCUT2D eigenvalue weighted by molar-refractivity contribution is 0.664. The summed E-state index contributed by atoms with van der Waals surface area (Å²) in [6.45, 7) is 3.46. The minimum Gasteiger partial charge on any atom is -0.310 e. The first-order valence-corrected chi connectivity index (χ1v) is 5.90. The second kappa shape index (κ2) is 5.44. The number of hydrogen-bond acceptors (Lipinski definition) is 4. The molecule has 0 aliphatic heterocycles. The predicted molar refractivity (Wildman–Crippen MR) is 66.6 cm³/mol. The lowest BCUT2D eigenvalue weighted by Crippen LogP contribution is -2.16. The molecule has 0 amide bonds. The van der Waals surface area contributed by atoms with Crippen LogP contribution in [0.5, 0.6) is 0 Å². The van der Waals surface area contributed by atoms with Gasteiger partial charge in [0, 0.05) is 10.0 Å². The Labute approximate surface area is 109 Å². The van der Waals surface area contributed by atoms with Gasteiger partial charge in [0.2, 0.25) is 0 Å². The van der Waals surface area contributed by atoms with Gasteiger partial charge in [0.25, 0.3) is 0 Å². The molecule has 0 atom stereocenters. The highest BCUT2D eigenvalue weighted by molar-refractivity contribution is 6.34. The quantitative estimate of drug-likeness (QED) is 0.925. The van der Waals surface area contributed by atoms with Crippen LogP contribution in [-0.2, 0) is 6.54 Å². The zero-order valence-corrected chi connectivity index (χ0v) is 10.7. The second-order valence-electron chi connectivity index (χ2n) is 3.41. The summed E-state index contributed by atoms with van der Waals surface area (Å²) in [7, 11) is 0. The van der Waals surface area contributed by atoms with Crippen LogP contribution in [-0.4, -0.2) is 26.8 Å². The molecule has 1 heterocycles. The molecule has 0 unspecified atom stereocenters. The normalized spacial score (nSPS) is 10.8. The van der Waals surface area contributed by atoms with Crippen molar-refractivity contribution in [2.24, 2.45) is 0 Å². The highest BCUT2D eigenvalue weighted by atomic mass is 35.5. The summed E-state index contributed by atoms with van der Waals surface area (Å²) in [5.74, 6) is 0.713. The summed E-state index contributed by atoms with van der Waals surface area (Å²) in [5, 5.41) is 15.8. The van der Waals surface area contributed by atoms with E-state index in [9.17, 15) is 0 Å². The molecular formula is C10H11Cl2N5. The van der Waals surface area contributed by atoms with E-state index in [1.54, 1.807) is 22.9 Å². The van der Waals surface area contributed by atoms with Crippen molar-refractivity contribution in [1.82, 2.24) is 25.5 Å². The molecule has 0 saturated heterocycles. The van der Waals surface area contributed by atoms with Crippen molar-refractivity contribution in [3.63, 3.8) is 0 Å². The van der Waals surface area contributed by atoms with Gasteiger partial charge in [0.15, 0.2) is 5.82 Å². The number of halogens is 2. The first kappa shape index (κ1) is 12.3. The Morgan fingerprint density at radius 2 is 1.94 bits per heavy atom. The monoisotopic (exact) mass is 271 g/mol. The van der Waals surface area contributed by atoms with Gasteiger partial charge in [-0.3, -0.25) is 0 Å². The number of rotatable bonds is 4. The fourth-order valence-corrected chi connectivity index (χ4v) is 1.93. The van der Waals surface area contributed by atoms with E-state index in [1.807, 2.05) is 6.92 Å². The largest absolute Gasteiger partial charge is 0.310 e. The third kappa shape index (κ3) is 2.94. The Morgan fingerprint density at radius 3 is 2.59 bits per heavy atom. The zero-order valence-electron chi connectivity index (χ0n) is 9.19. The van der Waals surface area contributed by atoms with Gasteiger partial charge in [0.1, 0.15) is 0 Å². The number of nitrogens with zero attached hydrogens (tertiary/aromatic N) is 4. The minimum absolute atomic E-state index is 0.553. The highest BCUT2D eigenvalue weighted by Crippen LogP contribution is 2.21. The highest BCUT2D eigenvalue weighted by Gasteiger charge is 2.08. The molecule has 1 aromatic heterocycles. The molecular weight excluding hydrogens is 261 g/mol. The molecule has 0 bridgehead atoms. The second-order valence-corrected chi connectivity index (χ2v) is 4.29. The van der Waals surface area contributed by atoms with E-state index in [-0.39, 0.29) is 0 Å². The fourth-order valence-electron chi connectivity index (χ4n) is 1.41. The van der Waals surface area contributed by atoms with Gasteiger partial charge in [-0.25, -0.2) is 0 Å². The van der Waals surface area contributed by atoms with Crippen LogP contribution in [0.25, 0.3) is 5.69 Å². The summed E-state index contributed by atoms with van der Waals surface area (Å²) < 4.78 is 1.61. The third-order valence-electron chi connectivity index (χ3n) is 2.16. The van der Waals surface area contributed by atoms with Crippen LogP contribution < -0.4 is 5.32 Å². The average Bonchev–Trinajstić information content (AvgIpc) is 2.73. The SMILES string of the molecule is CCNCc1nnnn1-c1cc(Cl)cc(Cl)c1. The number of benzene rings is 1. The molecule has 0 aliphatic carbocycles. The van der Waals surface area contributed by atoms with Gasteiger partial charge >= 0.3 is 0 Å². The van der Waals surface area contributed by atoms with E-state index in [0.29, 0.717) is 22.4 Å². The number of tetrazole rings is 1. The van der Waals surface area contributed by atoms with Crippen molar-refractivity contribution in [3.8, 4) is 5.69 Å². The maximum absolute atomic E-state index is 5.94. The van der Waals surface area contributed by atoms with E-state index in [4.69, 9.17) is 23.2 Å². The molecule has 0 aliphatic rings. The molecule has 7 heteroatoms. The maximum Gasteiger partial charge on any atom is 0.170 e. The summed E-state index contributed by atoms with van der Waals surface area (Å²) >= 11 is 11.9. The van der Waals surface area contributed by atoms with Gasteiger partial charge in [0.05, 0.1) is 12.2 Å². The molecule has 17 heavy (non-hydrogen) atoms. The fraction of sp³-hybridized carbons (Fsp3) is 0.300. The minimum atomic E-state index is 0.553. The molecule has 90 valence electrons. The lowest BCUT2D eigenvalue weighted by atomic mass is 10.3. The van der Waals surface area contributed by atoms with E-state index < -0.39 is 0 Å². The molecule has 1 aromatic carbocycles. The van der Waals surface area contributed by atoms with E-state index in [1.165, 1.54) is 0 Å². The Morgan fingerprint density at radius 1 is 1.24 bits per heavy atom.